The molecule has 0 bridgehead atoms. The van der Waals surface area contributed by atoms with Gasteiger partial charge in [0.05, 0.1) is 18.5 Å². The summed E-state index contributed by atoms with van der Waals surface area (Å²) in [7, 11) is 0. The van der Waals surface area contributed by atoms with Crippen LogP contribution in [0.3, 0.4) is 0 Å². The molecular formula is C20H26F3N5O3. The predicted molar refractivity (Wildman–Crippen MR) is 109 cm³/mol. The van der Waals surface area contributed by atoms with Gasteiger partial charge in [-0.3, -0.25) is 0 Å². The molecule has 1 aromatic heterocycles. The van der Waals surface area contributed by atoms with E-state index in [0.29, 0.717) is 23.5 Å². The van der Waals surface area contributed by atoms with Gasteiger partial charge in [0.2, 0.25) is 0 Å². The molecule has 2 amide bonds. The molecule has 31 heavy (non-hydrogen) atoms. The third kappa shape index (κ3) is 6.45. The summed E-state index contributed by atoms with van der Waals surface area (Å²) in [6, 6.07) is 5.21. The SMILES string of the molecule is CCOC(=O)c1cnn(-c2ccc(NC(=O)NCCN(CC)CC)cc2)c1C(F)(F)F. The first-order valence-electron chi connectivity index (χ1n) is 9.91. The van der Waals surface area contributed by atoms with Crippen LogP contribution in [0.25, 0.3) is 5.69 Å². The molecular weight excluding hydrogens is 415 g/mol. The molecule has 0 saturated heterocycles. The number of anilines is 1. The Hall–Kier alpha value is -3.08. The Kier molecular flexibility index (Phi) is 8.43. The Balaban J connectivity index is 2.11. The van der Waals surface area contributed by atoms with E-state index >= 15 is 0 Å². The van der Waals surface area contributed by atoms with Crippen molar-refractivity contribution < 1.29 is 27.5 Å². The minimum Gasteiger partial charge on any atom is -0.462 e. The standard InChI is InChI=1S/C20H26F3N5O3/c1-4-27(5-2)12-11-24-19(30)26-14-7-9-15(10-8-14)28-17(20(21,22)23)16(13-25-28)18(29)31-6-3/h7-10,13H,4-6,11-12H2,1-3H3,(H2,24,26,30). The molecule has 0 saturated carbocycles. The van der Waals surface area contributed by atoms with E-state index in [0.717, 1.165) is 19.3 Å². The fraction of sp³-hybridized carbons (Fsp3) is 0.450. The zero-order chi connectivity index (χ0) is 23.0. The van der Waals surface area contributed by atoms with E-state index in [9.17, 15) is 22.8 Å². The molecule has 11 heteroatoms. The maximum atomic E-state index is 13.6. The molecule has 1 heterocycles. The lowest BCUT2D eigenvalue weighted by Gasteiger charge is -2.18. The monoisotopic (exact) mass is 441 g/mol. The van der Waals surface area contributed by atoms with E-state index in [1.54, 1.807) is 0 Å². The van der Waals surface area contributed by atoms with Crippen LogP contribution in [0.15, 0.2) is 30.5 Å². The molecule has 1 aromatic carbocycles. The molecule has 8 nitrogen and oxygen atoms in total. The van der Waals surface area contributed by atoms with Crippen LogP contribution < -0.4 is 10.6 Å². The van der Waals surface area contributed by atoms with Crippen LogP contribution in [-0.4, -0.2) is 59.5 Å². The molecule has 0 spiro atoms. The smallest absolute Gasteiger partial charge is 0.434 e. The number of aromatic nitrogens is 2. The molecule has 0 radical (unpaired) electrons. The second-order valence-corrected chi connectivity index (χ2v) is 6.49. The van der Waals surface area contributed by atoms with Crippen molar-refractivity contribution in [2.75, 3.05) is 38.1 Å². The quantitative estimate of drug-likeness (QED) is 0.582. The number of carbonyl (C=O) groups excluding carboxylic acids is 2. The lowest BCUT2D eigenvalue weighted by molar-refractivity contribution is -0.143. The highest BCUT2D eigenvalue weighted by atomic mass is 19.4. The number of amides is 2. The number of hydrogen-bond donors (Lipinski definition) is 2. The van der Waals surface area contributed by atoms with E-state index in [2.05, 4.69) is 25.4 Å². The summed E-state index contributed by atoms with van der Waals surface area (Å²) < 4.78 is 46.0. The van der Waals surface area contributed by atoms with Crippen molar-refractivity contribution in [2.45, 2.75) is 26.9 Å². The van der Waals surface area contributed by atoms with Crippen LogP contribution in [0.1, 0.15) is 36.8 Å². The first-order chi connectivity index (χ1) is 14.7. The van der Waals surface area contributed by atoms with Gasteiger partial charge in [0.15, 0.2) is 5.69 Å². The molecule has 0 atom stereocenters. The Labute approximate surface area is 178 Å². The van der Waals surface area contributed by atoms with Crippen LogP contribution in [0, 0.1) is 0 Å². The average molecular weight is 441 g/mol. The highest BCUT2D eigenvalue weighted by molar-refractivity contribution is 5.91. The third-order valence-corrected chi connectivity index (χ3v) is 4.51. The number of benzene rings is 1. The molecule has 2 N–H and O–H groups in total. The minimum absolute atomic E-state index is 0.0569. The maximum Gasteiger partial charge on any atom is 0.434 e. The van der Waals surface area contributed by atoms with Gasteiger partial charge in [0, 0.05) is 18.8 Å². The molecule has 0 fully saturated rings. The number of carbonyl (C=O) groups is 2. The number of rotatable bonds is 9. The van der Waals surface area contributed by atoms with Crippen LogP contribution in [-0.2, 0) is 10.9 Å². The highest BCUT2D eigenvalue weighted by Gasteiger charge is 2.41. The largest absolute Gasteiger partial charge is 0.462 e. The van der Waals surface area contributed by atoms with Crippen LogP contribution in [0.5, 0.6) is 0 Å². The van der Waals surface area contributed by atoms with Gasteiger partial charge < -0.3 is 20.3 Å². The summed E-state index contributed by atoms with van der Waals surface area (Å²) in [6.45, 7) is 8.44. The molecule has 170 valence electrons. The van der Waals surface area contributed by atoms with Gasteiger partial charge in [-0.05, 0) is 44.3 Å². The zero-order valence-corrected chi connectivity index (χ0v) is 17.6. The maximum absolute atomic E-state index is 13.6. The Morgan fingerprint density at radius 1 is 1.13 bits per heavy atom. The van der Waals surface area contributed by atoms with Crippen molar-refractivity contribution >= 4 is 17.7 Å². The van der Waals surface area contributed by atoms with Crippen molar-refractivity contribution in [2.24, 2.45) is 0 Å². The third-order valence-electron chi connectivity index (χ3n) is 4.51. The second-order valence-electron chi connectivity index (χ2n) is 6.49. The highest BCUT2D eigenvalue weighted by Crippen LogP contribution is 2.34. The molecule has 0 aliphatic rings. The minimum atomic E-state index is -4.82. The molecule has 2 rings (SSSR count). The van der Waals surface area contributed by atoms with E-state index in [-0.39, 0.29) is 12.3 Å². The van der Waals surface area contributed by atoms with Crippen molar-refractivity contribution in [3.63, 3.8) is 0 Å². The topological polar surface area (TPSA) is 88.5 Å². The summed E-state index contributed by atoms with van der Waals surface area (Å²) in [5.41, 5.74) is -1.41. The van der Waals surface area contributed by atoms with Crippen molar-refractivity contribution in [1.29, 1.82) is 0 Å². The van der Waals surface area contributed by atoms with Gasteiger partial charge in [-0.25, -0.2) is 14.3 Å². The van der Waals surface area contributed by atoms with Crippen LogP contribution >= 0.6 is 0 Å². The number of ether oxygens (including phenoxy) is 1. The lowest BCUT2D eigenvalue weighted by atomic mass is 10.2. The number of esters is 1. The summed E-state index contributed by atoms with van der Waals surface area (Å²) in [6.07, 6.45) is -3.99. The second kappa shape index (κ2) is 10.8. The summed E-state index contributed by atoms with van der Waals surface area (Å²) in [5.74, 6) is -1.10. The normalized spacial score (nSPS) is 11.5. The van der Waals surface area contributed by atoms with E-state index in [1.807, 2.05) is 13.8 Å². The Bertz CT molecular complexity index is 877. The van der Waals surface area contributed by atoms with Gasteiger partial charge in [-0.2, -0.15) is 18.3 Å². The number of nitrogens with zero attached hydrogens (tertiary/aromatic N) is 3. The van der Waals surface area contributed by atoms with Gasteiger partial charge >= 0.3 is 18.2 Å². The van der Waals surface area contributed by atoms with Crippen molar-refractivity contribution in [3.05, 3.63) is 41.7 Å². The van der Waals surface area contributed by atoms with Gasteiger partial charge in [-0.1, -0.05) is 13.8 Å². The number of likely N-dealkylation sites (N-methyl/N-ethyl adjacent to an activating group) is 1. The summed E-state index contributed by atoms with van der Waals surface area (Å²) >= 11 is 0. The Morgan fingerprint density at radius 3 is 2.32 bits per heavy atom. The zero-order valence-electron chi connectivity index (χ0n) is 17.6. The Morgan fingerprint density at radius 2 is 1.77 bits per heavy atom. The number of alkyl halides is 3. The summed E-state index contributed by atoms with van der Waals surface area (Å²) in [4.78, 5) is 26.0. The number of nitrogens with one attached hydrogen (secondary N) is 2. The molecule has 0 aliphatic heterocycles. The van der Waals surface area contributed by atoms with Gasteiger partial charge in [-0.15, -0.1) is 0 Å². The number of hydrogen-bond acceptors (Lipinski definition) is 5. The number of halogens is 3. The van der Waals surface area contributed by atoms with E-state index < -0.39 is 29.4 Å². The average Bonchev–Trinajstić information content (AvgIpc) is 3.18. The summed E-state index contributed by atoms with van der Waals surface area (Å²) in [5, 5.41) is 9.06. The molecule has 2 aromatic rings. The van der Waals surface area contributed by atoms with E-state index in [1.165, 1.54) is 31.2 Å². The van der Waals surface area contributed by atoms with Crippen molar-refractivity contribution in [3.8, 4) is 5.69 Å². The van der Waals surface area contributed by atoms with Crippen LogP contribution in [0.4, 0.5) is 23.7 Å². The number of urea groups is 1. The van der Waals surface area contributed by atoms with E-state index in [4.69, 9.17) is 0 Å². The van der Waals surface area contributed by atoms with Gasteiger partial charge in [0.1, 0.15) is 5.56 Å². The predicted octanol–water partition coefficient (Wildman–Crippen LogP) is 3.53. The van der Waals surface area contributed by atoms with Crippen molar-refractivity contribution in [1.82, 2.24) is 20.0 Å². The fourth-order valence-corrected chi connectivity index (χ4v) is 2.90. The first kappa shape index (κ1) is 24.2. The molecule has 0 aliphatic carbocycles. The fourth-order valence-electron chi connectivity index (χ4n) is 2.90. The lowest BCUT2D eigenvalue weighted by Crippen LogP contribution is -2.36. The van der Waals surface area contributed by atoms with Crippen LogP contribution in [0.2, 0.25) is 0 Å². The van der Waals surface area contributed by atoms with Gasteiger partial charge in [0.25, 0.3) is 0 Å². The molecule has 0 unspecified atom stereocenters. The first-order valence-corrected chi connectivity index (χ1v) is 9.91.